The standard InChI is InChI=1S/C48H36N4/c1-5-13-33(14-6-1)37-21-25-49-41(29-37)45-46(42-30-38(22-26-50-42)34-15-7-2-8-16-34)48(44-32-40(24-28-52-44)36-19-11-4-12-20-36)47(45)43-31-39(23-27-51-43)35-17-9-3-10-18-35/h1-32,45-48H. The highest BCUT2D eigenvalue weighted by molar-refractivity contribution is 5.68. The molecule has 0 spiro atoms. The largest absolute Gasteiger partial charge is 0.261 e. The lowest BCUT2D eigenvalue weighted by Crippen LogP contribution is -2.41. The summed E-state index contributed by atoms with van der Waals surface area (Å²) in [5.74, 6) is -0.0263. The van der Waals surface area contributed by atoms with Crippen molar-refractivity contribution in [3.8, 4) is 44.5 Å². The van der Waals surface area contributed by atoms with Gasteiger partial charge in [0.25, 0.3) is 0 Å². The molecule has 4 aromatic carbocycles. The summed E-state index contributed by atoms with van der Waals surface area (Å²) in [6, 6.07) is 59.7. The quantitative estimate of drug-likeness (QED) is 0.162. The van der Waals surface area contributed by atoms with E-state index < -0.39 is 0 Å². The minimum absolute atomic E-state index is 0.00658. The predicted octanol–water partition coefficient (Wildman–Crippen LogP) is 11.4. The van der Waals surface area contributed by atoms with Gasteiger partial charge in [-0.25, -0.2) is 0 Å². The van der Waals surface area contributed by atoms with Crippen molar-refractivity contribution in [1.82, 2.24) is 19.9 Å². The van der Waals surface area contributed by atoms with Gasteiger partial charge < -0.3 is 0 Å². The van der Waals surface area contributed by atoms with Crippen LogP contribution in [0.3, 0.4) is 0 Å². The minimum atomic E-state index is -0.00658. The first-order valence-corrected chi connectivity index (χ1v) is 17.9. The molecule has 52 heavy (non-hydrogen) atoms. The van der Waals surface area contributed by atoms with Crippen molar-refractivity contribution >= 4 is 0 Å². The highest BCUT2D eigenvalue weighted by Crippen LogP contribution is 2.65. The van der Waals surface area contributed by atoms with E-state index in [1.54, 1.807) is 0 Å². The molecule has 1 saturated carbocycles. The SMILES string of the molecule is c1ccc(-c2ccnc(C3C(c4cc(-c5ccccc5)ccn4)C(c4cc(-c5ccccc5)ccn4)C3c3cc(-c4ccccc4)ccn3)c2)cc1. The molecule has 0 aliphatic heterocycles. The van der Waals surface area contributed by atoms with E-state index in [0.29, 0.717) is 0 Å². The zero-order chi connectivity index (χ0) is 34.7. The average Bonchev–Trinajstić information content (AvgIpc) is 3.22. The molecule has 4 nitrogen and oxygen atoms in total. The van der Waals surface area contributed by atoms with Crippen LogP contribution in [-0.2, 0) is 0 Å². The van der Waals surface area contributed by atoms with Crippen LogP contribution in [0.25, 0.3) is 44.5 Å². The van der Waals surface area contributed by atoms with Crippen LogP contribution in [0.4, 0.5) is 0 Å². The lowest BCUT2D eigenvalue weighted by Gasteiger charge is -2.51. The summed E-state index contributed by atoms with van der Waals surface area (Å²) in [4.78, 5) is 20.5. The molecule has 4 aromatic heterocycles. The predicted molar refractivity (Wildman–Crippen MR) is 210 cm³/mol. The van der Waals surface area contributed by atoms with Gasteiger partial charge in [-0.1, -0.05) is 121 Å². The smallest absolute Gasteiger partial charge is 0.0454 e. The van der Waals surface area contributed by atoms with Gasteiger partial charge in [-0.2, -0.15) is 0 Å². The fourth-order valence-corrected chi connectivity index (χ4v) is 7.98. The highest BCUT2D eigenvalue weighted by Gasteiger charge is 2.55. The van der Waals surface area contributed by atoms with E-state index in [0.717, 1.165) is 45.0 Å². The molecule has 0 bridgehead atoms. The van der Waals surface area contributed by atoms with Crippen LogP contribution in [0.15, 0.2) is 195 Å². The van der Waals surface area contributed by atoms with Crippen LogP contribution < -0.4 is 0 Å². The monoisotopic (exact) mass is 668 g/mol. The Morgan fingerprint density at radius 2 is 0.442 bits per heavy atom. The lowest BCUT2D eigenvalue weighted by molar-refractivity contribution is 0.212. The Morgan fingerprint density at radius 3 is 0.654 bits per heavy atom. The van der Waals surface area contributed by atoms with Gasteiger partial charge >= 0.3 is 0 Å². The summed E-state index contributed by atoms with van der Waals surface area (Å²) in [5, 5.41) is 0. The highest BCUT2D eigenvalue weighted by atomic mass is 14.8. The first-order chi connectivity index (χ1) is 25.8. The first kappa shape index (κ1) is 31.5. The number of aromatic nitrogens is 4. The Balaban J connectivity index is 1.24. The molecule has 4 heteroatoms. The zero-order valence-corrected chi connectivity index (χ0v) is 28.6. The second-order valence-electron chi connectivity index (χ2n) is 13.4. The van der Waals surface area contributed by atoms with Crippen molar-refractivity contribution in [3.63, 3.8) is 0 Å². The van der Waals surface area contributed by atoms with Crippen molar-refractivity contribution in [3.05, 3.63) is 217 Å². The van der Waals surface area contributed by atoms with Crippen molar-refractivity contribution in [2.45, 2.75) is 23.7 Å². The third kappa shape index (κ3) is 6.09. The molecular weight excluding hydrogens is 633 g/mol. The molecule has 0 radical (unpaired) electrons. The molecule has 1 aliphatic carbocycles. The second-order valence-corrected chi connectivity index (χ2v) is 13.4. The van der Waals surface area contributed by atoms with Gasteiger partial charge in [0.05, 0.1) is 0 Å². The topological polar surface area (TPSA) is 51.6 Å². The maximum Gasteiger partial charge on any atom is 0.0454 e. The maximum atomic E-state index is 5.12. The molecule has 0 N–H and O–H groups in total. The van der Waals surface area contributed by atoms with Gasteiger partial charge in [0.15, 0.2) is 0 Å². The summed E-state index contributed by atoms with van der Waals surface area (Å²) >= 11 is 0. The number of hydrogen-bond donors (Lipinski definition) is 0. The molecule has 0 atom stereocenters. The molecule has 1 aliphatic rings. The average molecular weight is 669 g/mol. The van der Waals surface area contributed by atoms with Crippen LogP contribution in [0.1, 0.15) is 46.4 Å². The third-order valence-electron chi connectivity index (χ3n) is 10.5. The summed E-state index contributed by atoms with van der Waals surface area (Å²) in [5.41, 5.74) is 13.4. The molecule has 1 fully saturated rings. The number of benzene rings is 4. The molecule has 9 rings (SSSR count). The normalized spacial score (nSPS) is 18.0. The zero-order valence-electron chi connectivity index (χ0n) is 28.6. The summed E-state index contributed by atoms with van der Waals surface area (Å²) < 4.78 is 0. The Morgan fingerprint density at radius 1 is 0.231 bits per heavy atom. The van der Waals surface area contributed by atoms with E-state index in [-0.39, 0.29) is 23.7 Å². The Bertz CT molecular complexity index is 2080. The number of nitrogens with zero attached hydrogens (tertiary/aromatic N) is 4. The number of pyridine rings is 4. The summed E-state index contributed by atoms with van der Waals surface area (Å²) in [7, 11) is 0. The van der Waals surface area contributed by atoms with Crippen LogP contribution >= 0.6 is 0 Å². The third-order valence-corrected chi connectivity index (χ3v) is 10.5. The Hall–Kier alpha value is -6.52. The van der Waals surface area contributed by atoms with Crippen molar-refractivity contribution in [1.29, 1.82) is 0 Å². The van der Waals surface area contributed by atoms with Gasteiger partial charge in [-0.15, -0.1) is 0 Å². The van der Waals surface area contributed by atoms with Crippen molar-refractivity contribution in [2.24, 2.45) is 0 Å². The van der Waals surface area contributed by atoms with E-state index in [2.05, 4.69) is 170 Å². The van der Waals surface area contributed by atoms with Gasteiger partial charge in [0.2, 0.25) is 0 Å². The summed E-state index contributed by atoms with van der Waals surface area (Å²) in [6.45, 7) is 0. The van der Waals surface area contributed by atoms with E-state index in [1.807, 2.05) is 24.8 Å². The second kappa shape index (κ2) is 14.0. The van der Waals surface area contributed by atoms with Crippen LogP contribution in [0, 0.1) is 0 Å². The molecule has 248 valence electrons. The fraction of sp³-hybridized carbons (Fsp3) is 0.0833. The molecule has 0 amide bonds. The molecule has 8 aromatic rings. The van der Waals surface area contributed by atoms with Gasteiger partial charge in [0.1, 0.15) is 0 Å². The maximum absolute atomic E-state index is 5.12. The van der Waals surface area contributed by atoms with Crippen molar-refractivity contribution < 1.29 is 0 Å². The van der Waals surface area contributed by atoms with Crippen LogP contribution in [0.2, 0.25) is 0 Å². The summed E-state index contributed by atoms with van der Waals surface area (Å²) in [6.07, 6.45) is 7.81. The van der Waals surface area contributed by atoms with Crippen LogP contribution in [0.5, 0.6) is 0 Å². The van der Waals surface area contributed by atoms with Gasteiger partial charge in [-0.05, 0) is 93.0 Å². The molecule has 0 saturated heterocycles. The van der Waals surface area contributed by atoms with Gasteiger partial charge in [-0.3, -0.25) is 19.9 Å². The molecule has 4 heterocycles. The Labute approximate surface area is 304 Å². The van der Waals surface area contributed by atoms with E-state index in [9.17, 15) is 0 Å². The van der Waals surface area contributed by atoms with Crippen LogP contribution in [-0.4, -0.2) is 19.9 Å². The molecule has 0 unspecified atom stereocenters. The minimum Gasteiger partial charge on any atom is -0.261 e. The van der Waals surface area contributed by atoms with E-state index in [1.165, 1.54) is 22.3 Å². The van der Waals surface area contributed by atoms with E-state index in [4.69, 9.17) is 19.9 Å². The van der Waals surface area contributed by atoms with E-state index >= 15 is 0 Å². The molecular formula is C48H36N4. The fourth-order valence-electron chi connectivity index (χ4n) is 7.98. The number of rotatable bonds is 8. The van der Waals surface area contributed by atoms with Gasteiger partial charge in [0, 0.05) is 71.2 Å². The first-order valence-electron chi connectivity index (χ1n) is 17.9. The lowest BCUT2D eigenvalue weighted by atomic mass is 9.52. The van der Waals surface area contributed by atoms with Crippen molar-refractivity contribution in [2.75, 3.05) is 0 Å². The Kier molecular flexibility index (Phi) is 8.47. The number of hydrogen-bond acceptors (Lipinski definition) is 4.